The molecule has 8 nitrogen and oxygen atoms in total. The van der Waals surface area contributed by atoms with Crippen molar-refractivity contribution in [3.63, 3.8) is 0 Å². The normalized spacial score (nSPS) is 15.4. The molecule has 0 bridgehead atoms. The van der Waals surface area contributed by atoms with Crippen LogP contribution in [0.3, 0.4) is 0 Å². The lowest BCUT2D eigenvalue weighted by Crippen LogP contribution is -2.47. The van der Waals surface area contributed by atoms with Gasteiger partial charge in [-0.25, -0.2) is 8.42 Å². The molecule has 1 amide bonds. The van der Waals surface area contributed by atoms with Crippen molar-refractivity contribution in [3.8, 4) is 11.5 Å². The molecule has 9 heteroatoms. The minimum absolute atomic E-state index is 0.246. The predicted octanol–water partition coefficient (Wildman–Crippen LogP) is 3.16. The number of methoxy groups -OCH3 is 2. The van der Waals surface area contributed by atoms with E-state index >= 15 is 0 Å². The van der Waals surface area contributed by atoms with Crippen molar-refractivity contribution in [1.29, 1.82) is 0 Å². The Morgan fingerprint density at radius 2 is 1.76 bits per heavy atom. The fraction of sp³-hybridized carbons (Fsp3) is 0.480. The molecule has 1 unspecified atom stereocenters. The molecule has 0 aromatic heterocycles. The number of sulfonamides is 1. The van der Waals surface area contributed by atoms with Gasteiger partial charge in [0.2, 0.25) is 15.9 Å². The molecule has 34 heavy (non-hydrogen) atoms. The summed E-state index contributed by atoms with van der Waals surface area (Å²) in [6, 6.07) is 12.0. The van der Waals surface area contributed by atoms with E-state index < -0.39 is 22.0 Å². The highest BCUT2D eigenvalue weighted by Crippen LogP contribution is 2.35. The molecule has 0 aliphatic carbocycles. The smallest absolute Gasteiger partial charge is 0.243 e. The summed E-state index contributed by atoms with van der Waals surface area (Å²) in [5.41, 5.74) is 2.43. The van der Waals surface area contributed by atoms with Crippen LogP contribution in [0.1, 0.15) is 37.3 Å². The molecule has 1 fully saturated rings. The number of nitrogens with zero attached hydrogens (tertiary/aromatic N) is 2. The number of amides is 1. The van der Waals surface area contributed by atoms with E-state index in [2.05, 4.69) is 22.3 Å². The second-order valence-electron chi connectivity index (χ2n) is 8.65. The standard InChI is InChI=1S/C25H35N3O5S/c1-19(28(34(4,30)31)23-16-22(32-2)11-12-24(23)33-3)25(29)26-17-20-9-8-10-21(15-20)18-27-13-6-5-7-14-27/h8-12,15-16,19H,5-7,13-14,17-18H2,1-4H3,(H,26,29). The predicted molar refractivity (Wildman–Crippen MR) is 134 cm³/mol. The van der Waals surface area contributed by atoms with Gasteiger partial charge in [0.15, 0.2) is 0 Å². The van der Waals surface area contributed by atoms with E-state index in [-0.39, 0.29) is 5.69 Å². The van der Waals surface area contributed by atoms with E-state index in [1.165, 1.54) is 39.0 Å². The Kier molecular flexibility index (Phi) is 8.79. The zero-order valence-electron chi connectivity index (χ0n) is 20.4. The average Bonchev–Trinajstić information content (AvgIpc) is 2.82. The number of nitrogens with one attached hydrogen (secondary N) is 1. The molecule has 1 N–H and O–H groups in total. The zero-order valence-corrected chi connectivity index (χ0v) is 21.2. The van der Waals surface area contributed by atoms with Crippen molar-refractivity contribution < 1.29 is 22.7 Å². The van der Waals surface area contributed by atoms with Crippen molar-refractivity contribution in [1.82, 2.24) is 10.2 Å². The number of ether oxygens (including phenoxy) is 2. The maximum Gasteiger partial charge on any atom is 0.243 e. The lowest BCUT2D eigenvalue weighted by molar-refractivity contribution is -0.122. The molecule has 3 rings (SSSR count). The number of hydrogen-bond donors (Lipinski definition) is 1. The van der Waals surface area contributed by atoms with Crippen molar-refractivity contribution in [2.75, 3.05) is 37.9 Å². The molecule has 1 heterocycles. The van der Waals surface area contributed by atoms with Crippen LogP contribution in [0.2, 0.25) is 0 Å². The zero-order chi connectivity index (χ0) is 24.7. The number of carbonyl (C=O) groups is 1. The van der Waals surface area contributed by atoms with Gasteiger partial charge < -0.3 is 14.8 Å². The van der Waals surface area contributed by atoms with Crippen LogP contribution in [0.5, 0.6) is 11.5 Å². The summed E-state index contributed by atoms with van der Waals surface area (Å²) in [7, 11) is -0.851. The molecule has 0 radical (unpaired) electrons. The number of hydrogen-bond acceptors (Lipinski definition) is 6. The highest BCUT2D eigenvalue weighted by atomic mass is 32.2. The van der Waals surface area contributed by atoms with Gasteiger partial charge in [-0.15, -0.1) is 0 Å². The molecule has 2 aromatic rings. The first-order valence-electron chi connectivity index (χ1n) is 11.5. The summed E-state index contributed by atoms with van der Waals surface area (Å²) in [6.07, 6.45) is 4.84. The average molecular weight is 490 g/mol. The van der Waals surface area contributed by atoms with Gasteiger partial charge in [-0.3, -0.25) is 14.0 Å². The quantitative estimate of drug-likeness (QED) is 0.552. The van der Waals surface area contributed by atoms with Gasteiger partial charge in [0.1, 0.15) is 17.5 Å². The minimum atomic E-state index is -3.79. The highest BCUT2D eigenvalue weighted by Gasteiger charge is 2.31. The maximum atomic E-state index is 13.0. The van der Waals surface area contributed by atoms with Gasteiger partial charge in [-0.2, -0.15) is 0 Å². The van der Waals surface area contributed by atoms with Crippen LogP contribution >= 0.6 is 0 Å². The van der Waals surface area contributed by atoms with Gasteiger partial charge in [0.05, 0.1) is 26.2 Å². The van der Waals surface area contributed by atoms with Crippen LogP contribution in [0.15, 0.2) is 42.5 Å². The number of anilines is 1. The Balaban J connectivity index is 1.73. The summed E-state index contributed by atoms with van der Waals surface area (Å²) in [4.78, 5) is 15.5. The Morgan fingerprint density at radius 1 is 1.06 bits per heavy atom. The summed E-state index contributed by atoms with van der Waals surface area (Å²) >= 11 is 0. The Bertz CT molecular complexity index is 1080. The molecule has 1 aliphatic heterocycles. The summed E-state index contributed by atoms with van der Waals surface area (Å²) in [5, 5.41) is 2.89. The second-order valence-corrected chi connectivity index (χ2v) is 10.5. The van der Waals surface area contributed by atoms with E-state index in [1.807, 2.05) is 12.1 Å². The second kappa shape index (κ2) is 11.6. The van der Waals surface area contributed by atoms with Crippen LogP contribution in [0, 0.1) is 0 Å². The van der Waals surface area contributed by atoms with E-state index in [9.17, 15) is 13.2 Å². The monoisotopic (exact) mass is 489 g/mol. The van der Waals surface area contributed by atoms with Gasteiger partial charge in [0.25, 0.3) is 0 Å². The third-order valence-electron chi connectivity index (χ3n) is 6.02. The van der Waals surface area contributed by atoms with Crippen LogP contribution in [0.25, 0.3) is 0 Å². The third kappa shape index (κ3) is 6.64. The van der Waals surface area contributed by atoms with Crippen molar-refractivity contribution >= 4 is 21.6 Å². The number of benzene rings is 2. The molecule has 1 atom stereocenters. The first-order chi connectivity index (χ1) is 16.2. The van der Waals surface area contributed by atoms with Gasteiger partial charge >= 0.3 is 0 Å². The fourth-order valence-corrected chi connectivity index (χ4v) is 5.47. The van der Waals surface area contributed by atoms with E-state index in [0.29, 0.717) is 18.0 Å². The SMILES string of the molecule is COc1ccc(OC)c(N(C(C)C(=O)NCc2cccc(CN3CCCCC3)c2)S(C)(=O)=O)c1. The van der Waals surface area contributed by atoms with Crippen LogP contribution in [-0.4, -0.2) is 58.8 Å². The van der Waals surface area contributed by atoms with Gasteiger partial charge in [-0.1, -0.05) is 30.7 Å². The number of piperidine rings is 1. The maximum absolute atomic E-state index is 13.0. The first kappa shape index (κ1) is 25.8. The number of rotatable bonds is 10. The minimum Gasteiger partial charge on any atom is -0.497 e. The molecular formula is C25H35N3O5S. The van der Waals surface area contributed by atoms with Crippen LogP contribution in [-0.2, 0) is 27.9 Å². The van der Waals surface area contributed by atoms with Crippen molar-refractivity contribution in [2.24, 2.45) is 0 Å². The van der Waals surface area contributed by atoms with E-state index in [1.54, 1.807) is 25.1 Å². The van der Waals surface area contributed by atoms with Gasteiger partial charge in [-0.05, 0) is 56.1 Å². The number of carbonyl (C=O) groups excluding carboxylic acids is 1. The van der Waals surface area contributed by atoms with Crippen LogP contribution < -0.4 is 19.1 Å². The Labute approximate surface area is 202 Å². The third-order valence-corrected chi connectivity index (χ3v) is 7.25. The van der Waals surface area contributed by atoms with Gasteiger partial charge in [0, 0.05) is 19.2 Å². The lowest BCUT2D eigenvalue weighted by Gasteiger charge is -2.29. The Morgan fingerprint density at radius 3 is 2.41 bits per heavy atom. The molecule has 0 spiro atoms. The molecule has 1 saturated heterocycles. The molecule has 186 valence electrons. The summed E-state index contributed by atoms with van der Waals surface area (Å²) < 4.78 is 37.1. The first-order valence-corrected chi connectivity index (χ1v) is 13.4. The largest absolute Gasteiger partial charge is 0.497 e. The van der Waals surface area contributed by atoms with Crippen molar-refractivity contribution in [3.05, 3.63) is 53.6 Å². The summed E-state index contributed by atoms with van der Waals surface area (Å²) in [6.45, 7) is 5.00. The number of likely N-dealkylation sites (tertiary alicyclic amines) is 1. The topological polar surface area (TPSA) is 88.2 Å². The fourth-order valence-electron chi connectivity index (χ4n) is 4.30. The lowest BCUT2D eigenvalue weighted by atomic mass is 10.1. The molecule has 1 aliphatic rings. The summed E-state index contributed by atoms with van der Waals surface area (Å²) in [5.74, 6) is 0.385. The van der Waals surface area contributed by atoms with E-state index in [4.69, 9.17) is 9.47 Å². The molecule has 2 aromatic carbocycles. The van der Waals surface area contributed by atoms with Crippen LogP contribution in [0.4, 0.5) is 5.69 Å². The van der Waals surface area contributed by atoms with Crippen molar-refractivity contribution in [2.45, 2.75) is 45.3 Å². The molecular weight excluding hydrogens is 454 g/mol. The molecule has 0 saturated carbocycles. The highest BCUT2D eigenvalue weighted by molar-refractivity contribution is 7.92. The van der Waals surface area contributed by atoms with E-state index in [0.717, 1.165) is 35.8 Å². The Hall–Kier alpha value is -2.78.